The molecule has 3 nitrogen and oxygen atoms in total. The van der Waals surface area contributed by atoms with Gasteiger partial charge in [-0.05, 0) is 24.6 Å². The van der Waals surface area contributed by atoms with Crippen LogP contribution in [0, 0.1) is 6.92 Å². The number of hydrogen-bond acceptors (Lipinski definition) is 2. The summed E-state index contributed by atoms with van der Waals surface area (Å²) < 4.78 is 0. The molecule has 0 amide bonds. The normalized spacial score (nSPS) is 10.6. The number of benzene rings is 1. The molecule has 0 atom stereocenters. The number of H-pyrrole nitrogens is 1. The van der Waals surface area contributed by atoms with Crippen LogP contribution in [0.5, 0.6) is 0 Å². The third-order valence-electron chi connectivity index (χ3n) is 1.93. The molecule has 4 heteroatoms. The van der Waals surface area contributed by atoms with Crippen LogP contribution in [0.4, 0.5) is 0 Å². The summed E-state index contributed by atoms with van der Waals surface area (Å²) in [5.74, 6) is 0. The Hall–Kier alpha value is -1.35. The minimum absolute atomic E-state index is 0.115. The number of aromatic nitrogens is 2. The summed E-state index contributed by atoms with van der Waals surface area (Å²) in [6.07, 6.45) is 1.24. The lowest BCUT2D eigenvalue weighted by molar-refractivity contribution is 1.06. The van der Waals surface area contributed by atoms with Crippen molar-refractivity contribution in [2.45, 2.75) is 6.92 Å². The highest BCUT2D eigenvalue weighted by Crippen LogP contribution is 2.19. The van der Waals surface area contributed by atoms with E-state index >= 15 is 0 Å². The predicted octanol–water partition coefficient (Wildman–Crippen LogP) is 1.88. The van der Waals surface area contributed by atoms with Crippen LogP contribution in [0.1, 0.15) is 5.56 Å². The Labute approximate surface area is 79.4 Å². The fraction of sp³-hybridized carbons (Fsp3) is 0.111. The zero-order valence-electron chi connectivity index (χ0n) is 6.97. The summed E-state index contributed by atoms with van der Waals surface area (Å²) in [4.78, 5) is 11.3. The third-order valence-corrected chi connectivity index (χ3v) is 2.34. The van der Waals surface area contributed by atoms with Gasteiger partial charge in [-0.3, -0.25) is 9.89 Å². The molecule has 0 aliphatic carbocycles. The Balaban J connectivity index is 2.97. The molecule has 1 N–H and O–H groups in total. The average molecular weight is 195 g/mol. The Morgan fingerprint density at radius 3 is 3.00 bits per heavy atom. The van der Waals surface area contributed by atoms with Crippen LogP contribution in [0.2, 0.25) is 5.02 Å². The van der Waals surface area contributed by atoms with Gasteiger partial charge in [0.2, 0.25) is 5.43 Å². The van der Waals surface area contributed by atoms with E-state index in [0.29, 0.717) is 10.4 Å². The number of aromatic amines is 1. The fourth-order valence-electron chi connectivity index (χ4n) is 1.21. The minimum Gasteiger partial charge on any atom is -0.287 e. The molecule has 0 saturated heterocycles. The zero-order chi connectivity index (χ0) is 9.42. The molecular formula is C9H7ClN2O. The van der Waals surface area contributed by atoms with Crippen LogP contribution in [0.25, 0.3) is 10.9 Å². The van der Waals surface area contributed by atoms with Gasteiger partial charge in [0.05, 0.1) is 17.1 Å². The smallest absolute Gasteiger partial charge is 0.207 e. The second-order valence-electron chi connectivity index (χ2n) is 2.88. The van der Waals surface area contributed by atoms with Crippen LogP contribution in [-0.2, 0) is 0 Å². The molecule has 0 fully saturated rings. The van der Waals surface area contributed by atoms with Crippen molar-refractivity contribution >= 4 is 22.5 Å². The van der Waals surface area contributed by atoms with E-state index in [1.54, 1.807) is 6.07 Å². The van der Waals surface area contributed by atoms with E-state index in [2.05, 4.69) is 10.2 Å². The molecular weight excluding hydrogens is 188 g/mol. The Morgan fingerprint density at radius 2 is 2.23 bits per heavy atom. The lowest BCUT2D eigenvalue weighted by Crippen LogP contribution is -2.02. The number of aryl methyl sites for hydroxylation is 1. The SMILES string of the molecule is Cc1cc2[nH]ncc(=O)c2cc1Cl. The molecule has 0 radical (unpaired) electrons. The van der Waals surface area contributed by atoms with Crippen molar-refractivity contribution in [2.24, 2.45) is 0 Å². The van der Waals surface area contributed by atoms with Crippen LogP contribution in [0.15, 0.2) is 23.1 Å². The number of hydrogen-bond donors (Lipinski definition) is 1. The van der Waals surface area contributed by atoms with Gasteiger partial charge in [0.1, 0.15) is 0 Å². The van der Waals surface area contributed by atoms with E-state index in [-0.39, 0.29) is 5.43 Å². The topological polar surface area (TPSA) is 45.8 Å². The highest BCUT2D eigenvalue weighted by molar-refractivity contribution is 6.32. The average Bonchev–Trinajstić information content (AvgIpc) is 2.09. The standard InChI is InChI=1S/C9H7ClN2O/c1-5-2-8-6(3-7(5)10)9(13)4-11-12-8/h2-4H,1H3,(H,12,13). The van der Waals surface area contributed by atoms with Crippen molar-refractivity contribution in [1.82, 2.24) is 10.2 Å². The van der Waals surface area contributed by atoms with E-state index in [1.165, 1.54) is 6.20 Å². The summed E-state index contributed by atoms with van der Waals surface area (Å²) in [6, 6.07) is 3.47. The van der Waals surface area contributed by atoms with Crippen molar-refractivity contribution in [3.05, 3.63) is 39.1 Å². The maximum absolute atomic E-state index is 11.3. The maximum Gasteiger partial charge on any atom is 0.207 e. The number of nitrogens with one attached hydrogen (secondary N) is 1. The van der Waals surface area contributed by atoms with Crippen LogP contribution in [-0.4, -0.2) is 10.2 Å². The van der Waals surface area contributed by atoms with Gasteiger partial charge in [-0.2, -0.15) is 5.10 Å². The van der Waals surface area contributed by atoms with Crippen LogP contribution in [0.3, 0.4) is 0 Å². The Bertz CT molecular complexity index is 518. The molecule has 1 heterocycles. The molecule has 13 heavy (non-hydrogen) atoms. The highest BCUT2D eigenvalue weighted by atomic mass is 35.5. The monoisotopic (exact) mass is 194 g/mol. The van der Waals surface area contributed by atoms with Gasteiger partial charge < -0.3 is 0 Å². The third kappa shape index (κ3) is 1.31. The van der Waals surface area contributed by atoms with Crippen molar-refractivity contribution in [1.29, 1.82) is 0 Å². The number of fused-ring (bicyclic) bond motifs is 1. The second kappa shape index (κ2) is 2.85. The lowest BCUT2D eigenvalue weighted by Gasteiger charge is -1.99. The first-order valence-electron chi connectivity index (χ1n) is 3.82. The van der Waals surface area contributed by atoms with E-state index in [4.69, 9.17) is 11.6 Å². The second-order valence-corrected chi connectivity index (χ2v) is 3.29. The van der Waals surface area contributed by atoms with Crippen molar-refractivity contribution in [2.75, 3.05) is 0 Å². The van der Waals surface area contributed by atoms with Crippen molar-refractivity contribution < 1.29 is 0 Å². The van der Waals surface area contributed by atoms with Gasteiger partial charge in [-0.25, -0.2) is 0 Å². The number of rotatable bonds is 0. The molecule has 1 aromatic heterocycles. The fourth-order valence-corrected chi connectivity index (χ4v) is 1.37. The molecule has 0 unspecified atom stereocenters. The molecule has 2 aromatic rings. The number of nitrogens with zero attached hydrogens (tertiary/aromatic N) is 1. The largest absolute Gasteiger partial charge is 0.287 e. The molecule has 2 rings (SSSR count). The summed E-state index contributed by atoms with van der Waals surface area (Å²) >= 11 is 5.89. The highest BCUT2D eigenvalue weighted by Gasteiger charge is 2.01. The number of halogens is 1. The van der Waals surface area contributed by atoms with Gasteiger partial charge in [0.15, 0.2) is 0 Å². The molecule has 0 saturated carbocycles. The van der Waals surface area contributed by atoms with E-state index in [0.717, 1.165) is 11.1 Å². The summed E-state index contributed by atoms with van der Waals surface area (Å²) in [7, 11) is 0. The van der Waals surface area contributed by atoms with Gasteiger partial charge in [-0.15, -0.1) is 0 Å². The van der Waals surface area contributed by atoms with Crippen molar-refractivity contribution in [3.8, 4) is 0 Å². The first kappa shape index (κ1) is 8.26. The van der Waals surface area contributed by atoms with Gasteiger partial charge in [-0.1, -0.05) is 11.6 Å². The van der Waals surface area contributed by atoms with Gasteiger partial charge in [0, 0.05) is 5.02 Å². The van der Waals surface area contributed by atoms with E-state index in [1.807, 2.05) is 13.0 Å². The minimum atomic E-state index is -0.115. The maximum atomic E-state index is 11.3. The lowest BCUT2D eigenvalue weighted by atomic mass is 10.1. The van der Waals surface area contributed by atoms with Gasteiger partial charge >= 0.3 is 0 Å². The Kier molecular flexibility index (Phi) is 1.81. The quantitative estimate of drug-likeness (QED) is 0.696. The molecule has 0 aliphatic heterocycles. The summed E-state index contributed by atoms with van der Waals surface area (Å²) in [5.41, 5.74) is 1.53. The summed E-state index contributed by atoms with van der Waals surface area (Å²) in [5, 5.41) is 7.63. The predicted molar refractivity (Wildman–Crippen MR) is 52.1 cm³/mol. The molecule has 0 bridgehead atoms. The first-order chi connectivity index (χ1) is 6.18. The Morgan fingerprint density at radius 1 is 1.46 bits per heavy atom. The molecule has 1 aromatic carbocycles. The molecule has 0 spiro atoms. The summed E-state index contributed by atoms with van der Waals surface area (Å²) in [6.45, 7) is 1.88. The molecule has 66 valence electrons. The first-order valence-corrected chi connectivity index (χ1v) is 4.20. The van der Waals surface area contributed by atoms with Crippen molar-refractivity contribution in [3.63, 3.8) is 0 Å². The van der Waals surface area contributed by atoms with E-state index in [9.17, 15) is 4.79 Å². The zero-order valence-corrected chi connectivity index (χ0v) is 7.72. The van der Waals surface area contributed by atoms with E-state index < -0.39 is 0 Å². The van der Waals surface area contributed by atoms with Crippen LogP contribution >= 0.6 is 11.6 Å². The van der Waals surface area contributed by atoms with Gasteiger partial charge in [0.25, 0.3) is 0 Å². The van der Waals surface area contributed by atoms with Crippen LogP contribution < -0.4 is 5.43 Å². The molecule has 0 aliphatic rings.